The average Bonchev–Trinajstić information content (AvgIpc) is 3.10. The smallest absolute Gasteiger partial charge is 0.232 e. The molecule has 0 saturated carbocycles. The number of hydrogen-bond donors (Lipinski definition) is 1. The molecule has 0 bridgehead atoms. The second-order valence-electron chi connectivity index (χ2n) is 5.22. The number of nitrogens with zero attached hydrogens (tertiary/aromatic N) is 2. The summed E-state index contributed by atoms with van der Waals surface area (Å²) in [5.74, 6) is 1.86. The van der Waals surface area contributed by atoms with Crippen LogP contribution in [0, 0.1) is 11.3 Å². The van der Waals surface area contributed by atoms with E-state index in [2.05, 4.69) is 10.3 Å². The highest BCUT2D eigenvalue weighted by Crippen LogP contribution is 2.33. The Morgan fingerprint density at radius 1 is 1.08 bits per heavy atom. The van der Waals surface area contributed by atoms with E-state index in [1.807, 2.05) is 36.4 Å². The van der Waals surface area contributed by atoms with Crippen molar-refractivity contribution >= 4 is 5.88 Å². The van der Waals surface area contributed by atoms with Crippen LogP contribution < -0.4 is 14.8 Å². The molecule has 3 aromatic rings. The number of anilines is 1. The van der Waals surface area contributed by atoms with Crippen LogP contribution in [0.1, 0.15) is 11.3 Å². The summed E-state index contributed by atoms with van der Waals surface area (Å²) in [5, 5.41) is 12.4. The molecule has 0 radical (unpaired) electrons. The number of nitriles is 1. The molecule has 0 aliphatic rings. The quantitative estimate of drug-likeness (QED) is 0.737. The number of rotatable bonds is 6. The van der Waals surface area contributed by atoms with Crippen molar-refractivity contribution in [3.05, 3.63) is 59.8 Å². The zero-order valence-electron chi connectivity index (χ0n) is 13.9. The van der Waals surface area contributed by atoms with Gasteiger partial charge in [-0.3, -0.25) is 0 Å². The first-order valence-electron chi connectivity index (χ1n) is 7.66. The Kier molecular flexibility index (Phi) is 4.86. The number of ether oxygens (including phenoxy) is 2. The second-order valence-corrected chi connectivity index (χ2v) is 5.22. The number of aromatic nitrogens is 1. The van der Waals surface area contributed by atoms with E-state index in [4.69, 9.17) is 13.9 Å². The molecule has 0 saturated heterocycles. The maximum absolute atomic E-state index is 9.30. The molecule has 1 aromatic heterocycles. The third-order valence-electron chi connectivity index (χ3n) is 3.66. The van der Waals surface area contributed by atoms with Crippen LogP contribution in [0.15, 0.2) is 52.9 Å². The lowest BCUT2D eigenvalue weighted by atomic mass is 10.2. The molecular formula is C19H17N3O3. The number of benzene rings is 2. The number of hydrogen-bond acceptors (Lipinski definition) is 6. The average molecular weight is 335 g/mol. The monoisotopic (exact) mass is 335 g/mol. The SMILES string of the molecule is COc1ccc(-c2nc(C#N)c(NCc3ccccc3)o2)cc1OC. The molecule has 0 atom stereocenters. The highest BCUT2D eigenvalue weighted by molar-refractivity contribution is 5.63. The fraction of sp³-hybridized carbons (Fsp3) is 0.158. The first-order valence-corrected chi connectivity index (χ1v) is 7.66. The molecule has 2 aromatic carbocycles. The van der Waals surface area contributed by atoms with Gasteiger partial charge in [-0.1, -0.05) is 30.3 Å². The summed E-state index contributed by atoms with van der Waals surface area (Å²) in [6.07, 6.45) is 0. The van der Waals surface area contributed by atoms with Crippen LogP contribution in [-0.2, 0) is 6.54 Å². The van der Waals surface area contributed by atoms with E-state index in [1.54, 1.807) is 32.4 Å². The van der Waals surface area contributed by atoms with Gasteiger partial charge in [0, 0.05) is 12.1 Å². The van der Waals surface area contributed by atoms with Gasteiger partial charge in [0.2, 0.25) is 17.5 Å². The van der Waals surface area contributed by atoms with E-state index in [1.165, 1.54) is 0 Å². The number of oxazole rings is 1. The molecule has 1 heterocycles. The summed E-state index contributed by atoms with van der Waals surface area (Å²) in [7, 11) is 3.13. The third-order valence-corrected chi connectivity index (χ3v) is 3.66. The molecule has 0 aliphatic heterocycles. The van der Waals surface area contributed by atoms with Crippen molar-refractivity contribution in [3.63, 3.8) is 0 Å². The van der Waals surface area contributed by atoms with Gasteiger partial charge in [0.1, 0.15) is 6.07 Å². The summed E-state index contributed by atoms with van der Waals surface area (Å²) in [4.78, 5) is 4.26. The highest BCUT2D eigenvalue weighted by atomic mass is 16.5. The van der Waals surface area contributed by atoms with Crippen LogP contribution in [0.2, 0.25) is 0 Å². The minimum Gasteiger partial charge on any atom is -0.493 e. The lowest BCUT2D eigenvalue weighted by Gasteiger charge is -2.07. The van der Waals surface area contributed by atoms with Crippen molar-refractivity contribution in [1.29, 1.82) is 5.26 Å². The number of nitrogens with one attached hydrogen (secondary N) is 1. The van der Waals surface area contributed by atoms with Crippen LogP contribution in [-0.4, -0.2) is 19.2 Å². The Bertz CT molecular complexity index is 898. The summed E-state index contributed by atoms with van der Waals surface area (Å²) < 4.78 is 16.3. The molecule has 0 amide bonds. The van der Waals surface area contributed by atoms with E-state index in [-0.39, 0.29) is 5.69 Å². The summed E-state index contributed by atoms with van der Waals surface area (Å²) in [5.41, 5.74) is 1.98. The van der Waals surface area contributed by atoms with Gasteiger partial charge in [-0.05, 0) is 23.8 Å². The molecule has 6 heteroatoms. The molecule has 1 N–H and O–H groups in total. The van der Waals surface area contributed by atoms with E-state index >= 15 is 0 Å². The molecular weight excluding hydrogens is 318 g/mol. The van der Waals surface area contributed by atoms with Gasteiger partial charge in [0.05, 0.1) is 14.2 Å². The first kappa shape index (κ1) is 16.4. The molecule has 0 spiro atoms. The predicted octanol–water partition coefficient (Wildman–Crippen LogP) is 3.84. The summed E-state index contributed by atoms with van der Waals surface area (Å²) in [6.45, 7) is 0.538. The fourth-order valence-electron chi connectivity index (χ4n) is 2.39. The van der Waals surface area contributed by atoms with Crippen molar-refractivity contribution in [2.45, 2.75) is 6.54 Å². The predicted molar refractivity (Wildman–Crippen MR) is 93.5 cm³/mol. The van der Waals surface area contributed by atoms with Gasteiger partial charge in [0.15, 0.2) is 11.5 Å². The lowest BCUT2D eigenvalue weighted by molar-refractivity contribution is 0.355. The molecule has 0 unspecified atom stereocenters. The number of methoxy groups -OCH3 is 2. The van der Waals surface area contributed by atoms with Gasteiger partial charge >= 0.3 is 0 Å². The van der Waals surface area contributed by atoms with Gasteiger partial charge in [-0.25, -0.2) is 0 Å². The van der Waals surface area contributed by atoms with Crippen molar-refractivity contribution in [3.8, 4) is 29.0 Å². The lowest BCUT2D eigenvalue weighted by Crippen LogP contribution is -1.99. The topological polar surface area (TPSA) is 80.3 Å². The summed E-state index contributed by atoms with van der Waals surface area (Å²) >= 11 is 0. The second kappa shape index (κ2) is 7.41. The van der Waals surface area contributed by atoms with Crippen molar-refractivity contribution in [2.75, 3.05) is 19.5 Å². The maximum atomic E-state index is 9.30. The molecule has 126 valence electrons. The van der Waals surface area contributed by atoms with Crippen LogP contribution in [0.25, 0.3) is 11.5 Å². The Balaban J connectivity index is 1.86. The zero-order valence-corrected chi connectivity index (χ0v) is 13.9. The van der Waals surface area contributed by atoms with Gasteiger partial charge < -0.3 is 19.2 Å². The normalized spacial score (nSPS) is 10.1. The standard InChI is InChI=1S/C19H17N3O3/c1-23-16-9-8-14(10-17(16)24-2)18-22-15(11-20)19(25-18)21-12-13-6-4-3-5-7-13/h3-10,21H,12H2,1-2H3. The third kappa shape index (κ3) is 3.56. The first-order chi connectivity index (χ1) is 12.2. The van der Waals surface area contributed by atoms with E-state index in [9.17, 15) is 5.26 Å². The zero-order chi connectivity index (χ0) is 17.6. The van der Waals surface area contributed by atoms with E-state index in [0.717, 1.165) is 5.56 Å². The van der Waals surface area contributed by atoms with E-state index in [0.29, 0.717) is 35.4 Å². The molecule has 25 heavy (non-hydrogen) atoms. The maximum Gasteiger partial charge on any atom is 0.232 e. The Morgan fingerprint density at radius 3 is 2.52 bits per heavy atom. The van der Waals surface area contributed by atoms with Gasteiger partial charge in [0.25, 0.3) is 0 Å². The fourth-order valence-corrected chi connectivity index (χ4v) is 2.39. The molecule has 3 rings (SSSR count). The van der Waals surface area contributed by atoms with Crippen LogP contribution in [0.3, 0.4) is 0 Å². The molecule has 0 aliphatic carbocycles. The Labute approximate surface area is 145 Å². The minimum atomic E-state index is 0.209. The van der Waals surface area contributed by atoms with E-state index < -0.39 is 0 Å². The largest absolute Gasteiger partial charge is 0.493 e. The Morgan fingerprint density at radius 2 is 1.84 bits per heavy atom. The van der Waals surface area contributed by atoms with Gasteiger partial charge in [-0.15, -0.1) is 0 Å². The van der Waals surface area contributed by atoms with Crippen molar-refractivity contribution < 1.29 is 13.9 Å². The van der Waals surface area contributed by atoms with Gasteiger partial charge in [-0.2, -0.15) is 10.2 Å². The van der Waals surface area contributed by atoms with Crippen molar-refractivity contribution in [1.82, 2.24) is 4.98 Å². The molecule has 6 nitrogen and oxygen atoms in total. The minimum absolute atomic E-state index is 0.209. The van der Waals surface area contributed by atoms with Crippen LogP contribution in [0.4, 0.5) is 5.88 Å². The van der Waals surface area contributed by atoms with Crippen molar-refractivity contribution in [2.24, 2.45) is 0 Å². The summed E-state index contributed by atoms with van der Waals surface area (Å²) in [6, 6.07) is 17.2. The highest BCUT2D eigenvalue weighted by Gasteiger charge is 2.16. The Hall–Kier alpha value is -3.46. The van der Waals surface area contributed by atoms with Crippen LogP contribution in [0.5, 0.6) is 11.5 Å². The molecule has 0 fully saturated rings. The van der Waals surface area contributed by atoms with Crippen LogP contribution >= 0.6 is 0 Å².